The van der Waals surface area contributed by atoms with Gasteiger partial charge < -0.3 is 10.2 Å². The van der Waals surface area contributed by atoms with E-state index in [1.54, 1.807) is 6.07 Å². The van der Waals surface area contributed by atoms with E-state index in [-0.39, 0.29) is 10.6 Å². The topological polar surface area (TPSA) is 71.3 Å². The summed E-state index contributed by atoms with van der Waals surface area (Å²) < 4.78 is 0. The Bertz CT molecular complexity index is 485. The number of hydrogen-bond acceptors (Lipinski definition) is 5. The lowest BCUT2D eigenvalue weighted by atomic mass is 9.92. The molecule has 1 fully saturated rings. The summed E-state index contributed by atoms with van der Waals surface area (Å²) in [6, 6.07) is 3.08. The largest absolute Gasteiger partial charge is 0.370 e. The smallest absolute Gasteiger partial charge is 0.276 e. The summed E-state index contributed by atoms with van der Waals surface area (Å²) >= 11 is 0. The lowest BCUT2D eigenvalue weighted by molar-refractivity contribution is -0.384. The zero-order valence-corrected chi connectivity index (χ0v) is 12.8. The van der Waals surface area contributed by atoms with Crippen LogP contribution in [0.5, 0.6) is 0 Å². The van der Waals surface area contributed by atoms with Crippen LogP contribution in [0.15, 0.2) is 12.1 Å². The van der Waals surface area contributed by atoms with E-state index in [4.69, 9.17) is 0 Å². The highest BCUT2D eigenvalue weighted by molar-refractivity contribution is 5.56. The van der Waals surface area contributed by atoms with E-state index in [1.165, 1.54) is 18.9 Å². The zero-order valence-electron chi connectivity index (χ0n) is 12.8. The number of aromatic nitrogens is 1. The van der Waals surface area contributed by atoms with E-state index >= 15 is 0 Å². The molecule has 1 aliphatic rings. The van der Waals surface area contributed by atoms with Crippen LogP contribution in [-0.2, 0) is 0 Å². The van der Waals surface area contributed by atoms with Gasteiger partial charge in [0.25, 0.3) is 5.69 Å². The van der Waals surface area contributed by atoms with Gasteiger partial charge in [-0.3, -0.25) is 10.1 Å². The third-order valence-electron chi connectivity index (χ3n) is 4.00. The maximum Gasteiger partial charge on any atom is 0.276 e. The van der Waals surface area contributed by atoms with Crippen molar-refractivity contribution in [1.82, 2.24) is 4.98 Å². The van der Waals surface area contributed by atoms with Gasteiger partial charge in [0.05, 0.1) is 17.1 Å². The van der Waals surface area contributed by atoms with E-state index in [0.717, 1.165) is 37.7 Å². The van der Waals surface area contributed by atoms with Crippen LogP contribution >= 0.6 is 0 Å². The van der Waals surface area contributed by atoms with Crippen LogP contribution in [0.1, 0.15) is 39.5 Å². The van der Waals surface area contributed by atoms with Gasteiger partial charge in [-0.1, -0.05) is 19.8 Å². The molecule has 1 aromatic rings. The number of nitro groups is 1. The Kier molecular flexibility index (Phi) is 5.36. The van der Waals surface area contributed by atoms with Crippen LogP contribution < -0.4 is 10.2 Å². The maximum absolute atomic E-state index is 11.1. The van der Waals surface area contributed by atoms with Gasteiger partial charge in [0, 0.05) is 19.6 Å². The first-order chi connectivity index (χ1) is 10.1. The van der Waals surface area contributed by atoms with Crippen molar-refractivity contribution in [3.05, 3.63) is 22.2 Å². The second kappa shape index (κ2) is 7.24. The van der Waals surface area contributed by atoms with Crippen molar-refractivity contribution in [3.8, 4) is 0 Å². The fourth-order valence-electron chi connectivity index (χ4n) is 2.90. The molecule has 0 amide bonds. The molecule has 2 rings (SSSR count). The number of nitrogens with zero attached hydrogens (tertiary/aromatic N) is 3. The second-order valence-electron chi connectivity index (χ2n) is 5.58. The standard InChI is InChI=1S/C15H24N4O2/c1-3-5-12-6-8-18(9-7-12)15-11-13(19(20)21)10-14(17-15)16-4-2/h10-12H,3-9H2,1-2H3,(H,16,17). The van der Waals surface area contributed by atoms with Crippen molar-refractivity contribution in [2.24, 2.45) is 5.92 Å². The third kappa shape index (κ3) is 4.06. The average molecular weight is 292 g/mol. The maximum atomic E-state index is 11.1. The van der Waals surface area contributed by atoms with E-state index in [0.29, 0.717) is 12.4 Å². The van der Waals surface area contributed by atoms with Crippen LogP contribution in [0, 0.1) is 16.0 Å². The SMILES string of the molecule is CCCC1CCN(c2cc([N+](=O)[O-])cc(NCC)n2)CC1. The molecule has 0 unspecified atom stereocenters. The van der Waals surface area contributed by atoms with Gasteiger partial charge in [0.1, 0.15) is 11.6 Å². The Labute approximate surface area is 125 Å². The van der Waals surface area contributed by atoms with Gasteiger partial charge in [0.15, 0.2) is 0 Å². The molecule has 0 aliphatic carbocycles. The summed E-state index contributed by atoms with van der Waals surface area (Å²) in [4.78, 5) is 17.4. The van der Waals surface area contributed by atoms with Gasteiger partial charge in [-0.05, 0) is 25.7 Å². The molecule has 0 radical (unpaired) electrons. The van der Waals surface area contributed by atoms with Crippen LogP contribution in [0.3, 0.4) is 0 Å². The molecule has 0 spiro atoms. The molecule has 0 atom stereocenters. The summed E-state index contributed by atoms with van der Waals surface area (Å²) in [6.07, 6.45) is 4.80. The number of rotatable bonds is 6. The van der Waals surface area contributed by atoms with E-state index in [9.17, 15) is 10.1 Å². The highest BCUT2D eigenvalue weighted by atomic mass is 16.6. The highest BCUT2D eigenvalue weighted by Gasteiger charge is 2.21. The molecule has 1 aromatic heterocycles. The fraction of sp³-hybridized carbons (Fsp3) is 0.667. The average Bonchev–Trinajstić information content (AvgIpc) is 2.48. The Morgan fingerprint density at radius 1 is 1.38 bits per heavy atom. The Balaban J connectivity index is 2.13. The number of pyridine rings is 1. The van der Waals surface area contributed by atoms with Crippen LogP contribution in [0.2, 0.25) is 0 Å². The Hall–Kier alpha value is -1.85. The molecule has 2 heterocycles. The van der Waals surface area contributed by atoms with Crippen molar-refractivity contribution in [2.45, 2.75) is 39.5 Å². The van der Waals surface area contributed by atoms with Crippen molar-refractivity contribution >= 4 is 17.3 Å². The van der Waals surface area contributed by atoms with E-state index < -0.39 is 0 Å². The molecular weight excluding hydrogens is 268 g/mol. The molecule has 1 N–H and O–H groups in total. The molecule has 0 aromatic carbocycles. The minimum absolute atomic E-state index is 0.103. The van der Waals surface area contributed by atoms with Gasteiger partial charge >= 0.3 is 0 Å². The molecular formula is C15H24N4O2. The predicted octanol–water partition coefficient (Wildman–Crippen LogP) is 3.44. The second-order valence-corrected chi connectivity index (χ2v) is 5.58. The Morgan fingerprint density at radius 2 is 2.10 bits per heavy atom. The zero-order chi connectivity index (χ0) is 15.2. The van der Waals surface area contributed by atoms with Crippen LogP contribution in [-0.4, -0.2) is 29.5 Å². The fourth-order valence-corrected chi connectivity index (χ4v) is 2.90. The van der Waals surface area contributed by atoms with Crippen LogP contribution in [0.4, 0.5) is 17.3 Å². The monoisotopic (exact) mass is 292 g/mol. The number of hydrogen-bond donors (Lipinski definition) is 1. The quantitative estimate of drug-likeness (QED) is 0.642. The van der Waals surface area contributed by atoms with Crippen molar-refractivity contribution in [2.75, 3.05) is 29.9 Å². The van der Waals surface area contributed by atoms with Gasteiger partial charge in [-0.2, -0.15) is 0 Å². The molecule has 0 saturated carbocycles. The third-order valence-corrected chi connectivity index (χ3v) is 4.00. The van der Waals surface area contributed by atoms with Gasteiger partial charge in [-0.15, -0.1) is 0 Å². The summed E-state index contributed by atoms with van der Waals surface area (Å²) in [5.74, 6) is 2.09. The minimum atomic E-state index is -0.351. The summed E-state index contributed by atoms with van der Waals surface area (Å²) in [5, 5.41) is 14.1. The molecule has 6 nitrogen and oxygen atoms in total. The van der Waals surface area contributed by atoms with E-state index in [1.807, 2.05) is 6.92 Å². The normalized spacial score (nSPS) is 16.0. The first kappa shape index (κ1) is 15.5. The van der Waals surface area contributed by atoms with Gasteiger partial charge in [0.2, 0.25) is 0 Å². The molecule has 0 bridgehead atoms. The van der Waals surface area contributed by atoms with E-state index in [2.05, 4.69) is 22.1 Å². The molecule has 21 heavy (non-hydrogen) atoms. The molecule has 1 saturated heterocycles. The van der Waals surface area contributed by atoms with Crippen molar-refractivity contribution < 1.29 is 4.92 Å². The number of anilines is 2. The minimum Gasteiger partial charge on any atom is -0.370 e. The molecule has 6 heteroatoms. The predicted molar refractivity (Wildman–Crippen MR) is 84.9 cm³/mol. The van der Waals surface area contributed by atoms with Gasteiger partial charge in [-0.25, -0.2) is 4.98 Å². The van der Waals surface area contributed by atoms with Crippen LogP contribution in [0.25, 0.3) is 0 Å². The highest BCUT2D eigenvalue weighted by Crippen LogP contribution is 2.28. The summed E-state index contributed by atoms with van der Waals surface area (Å²) in [7, 11) is 0. The number of nitrogens with one attached hydrogen (secondary N) is 1. The first-order valence-electron chi connectivity index (χ1n) is 7.79. The lowest BCUT2D eigenvalue weighted by Crippen LogP contribution is -2.34. The molecule has 1 aliphatic heterocycles. The molecule has 116 valence electrons. The summed E-state index contributed by atoms with van der Waals surface area (Å²) in [6.45, 7) is 6.74. The Morgan fingerprint density at radius 3 is 2.67 bits per heavy atom. The lowest BCUT2D eigenvalue weighted by Gasteiger charge is -2.32. The summed E-state index contributed by atoms with van der Waals surface area (Å²) in [5.41, 5.74) is 0.103. The van der Waals surface area contributed by atoms with Crippen molar-refractivity contribution in [1.29, 1.82) is 0 Å². The first-order valence-corrected chi connectivity index (χ1v) is 7.79. The number of piperidine rings is 1. The van der Waals surface area contributed by atoms with Crippen molar-refractivity contribution in [3.63, 3.8) is 0 Å².